The molecule has 0 unspecified atom stereocenters. The van der Waals surface area contributed by atoms with Gasteiger partial charge in [0.25, 0.3) is 5.91 Å². The van der Waals surface area contributed by atoms with Crippen LogP contribution in [0.4, 0.5) is 13.9 Å². The van der Waals surface area contributed by atoms with Crippen LogP contribution in [-0.2, 0) is 10.0 Å². The zero-order valence-corrected chi connectivity index (χ0v) is 14.3. The normalized spacial score (nSPS) is 11.6. The number of rotatable bonds is 4. The van der Waals surface area contributed by atoms with Gasteiger partial charge in [0.15, 0.2) is 5.13 Å². The molecule has 6 nitrogen and oxygen atoms in total. The Balaban J connectivity index is 1.94. The maximum atomic E-state index is 13.6. The SMILES string of the molecule is CNS(=O)(=O)c1ccc2nc(NC(=O)c3c(F)cccc3F)sc2c1. The van der Waals surface area contributed by atoms with Crippen LogP contribution < -0.4 is 10.0 Å². The Bertz CT molecular complexity index is 1060. The fraction of sp³-hybridized carbons (Fsp3) is 0.0667. The third-order valence-electron chi connectivity index (χ3n) is 3.35. The van der Waals surface area contributed by atoms with Crippen molar-refractivity contribution < 1.29 is 22.0 Å². The molecule has 0 aliphatic rings. The number of amides is 1. The van der Waals surface area contributed by atoms with Crippen molar-refractivity contribution in [3.05, 3.63) is 53.6 Å². The lowest BCUT2D eigenvalue weighted by Gasteiger charge is -2.03. The maximum absolute atomic E-state index is 13.6. The summed E-state index contributed by atoms with van der Waals surface area (Å²) in [6.07, 6.45) is 0. The van der Waals surface area contributed by atoms with Crippen LogP contribution in [0.1, 0.15) is 10.4 Å². The van der Waals surface area contributed by atoms with Crippen LogP contribution in [-0.4, -0.2) is 26.4 Å². The van der Waals surface area contributed by atoms with E-state index >= 15 is 0 Å². The van der Waals surface area contributed by atoms with Gasteiger partial charge in [-0.25, -0.2) is 26.9 Å². The van der Waals surface area contributed by atoms with Crippen LogP contribution in [0.25, 0.3) is 10.2 Å². The molecule has 25 heavy (non-hydrogen) atoms. The lowest BCUT2D eigenvalue weighted by molar-refractivity contribution is 0.101. The van der Waals surface area contributed by atoms with Crippen molar-refractivity contribution in [1.29, 1.82) is 0 Å². The number of nitrogens with one attached hydrogen (secondary N) is 2. The molecule has 0 saturated carbocycles. The third-order valence-corrected chi connectivity index (χ3v) is 5.69. The van der Waals surface area contributed by atoms with Crippen molar-refractivity contribution in [1.82, 2.24) is 9.71 Å². The molecule has 1 aromatic heterocycles. The zero-order valence-electron chi connectivity index (χ0n) is 12.7. The van der Waals surface area contributed by atoms with Crippen molar-refractivity contribution >= 4 is 42.6 Å². The predicted molar refractivity (Wildman–Crippen MR) is 90.2 cm³/mol. The molecule has 0 radical (unpaired) electrons. The Morgan fingerprint density at radius 2 is 1.84 bits per heavy atom. The number of thiazole rings is 1. The molecule has 10 heteroatoms. The van der Waals surface area contributed by atoms with E-state index in [4.69, 9.17) is 0 Å². The first kappa shape index (κ1) is 17.4. The van der Waals surface area contributed by atoms with Gasteiger partial charge in [0, 0.05) is 0 Å². The summed E-state index contributed by atoms with van der Waals surface area (Å²) in [7, 11) is -2.32. The van der Waals surface area contributed by atoms with E-state index in [1.807, 2.05) is 0 Å². The van der Waals surface area contributed by atoms with E-state index in [0.717, 1.165) is 29.5 Å². The third kappa shape index (κ3) is 3.36. The Hall–Kier alpha value is -2.43. The highest BCUT2D eigenvalue weighted by Gasteiger charge is 2.19. The van der Waals surface area contributed by atoms with Gasteiger partial charge in [0.1, 0.15) is 17.2 Å². The average Bonchev–Trinajstić information content (AvgIpc) is 2.95. The highest BCUT2D eigenvalue weighted by molar-refractivity contribution is 7.89. The van der Waals surface area contributed by atoms with Gasteiger partial charge < -0.3 is 0 Å². The van der Waals surface area contributed by atoms with Crippen LogP contribution in [0.2, 0.25) is 0 Å². The van der Waals surface area contributed by atoms with Crippen molar-refractivity contribution in [2.45, 2.75) is 4.90 Å². The molecular weight excluding hydrogens is 372 g/mol. The average molecular weight is 383 g/mol. The molecule has 0 aliphatic carbocycles. The Labute approximate surface area is 145 Å². The van der Waals surface area contributed by atoms with E-state index in [1.165, 1.54) is 25.2 Å². The number of benzene rings is 2. The second-order valence-corrected chi connectivity index (χ2v) is 7.82. The number of halogens is 2. The number of hydrogen-bond acceptors (Lipinski definition) is 5. The zero-order chi connectivity index (χ0) is 18.2. The molecule has 3 rings (SSSR count). The first-order chi connectivity index (χ1) is 11.8. The number of hydrogen-bond donors (Lipinski definition) is 2. The quantitative estimate of drug-likeness (QED) is 0.725. The number of aromatic nitrogens is 1. The van der Waals surface area contributed by atoms with Gasteiger partial charge in [-0.3, -0.25) is 10.1 Å². The fourth-order valence-corrected chi connectivity index (χ4v) is 3.85. The summed E-state index contributed by atoms with van der Waals surface area (Å²) >= 11 is 0.993. The minimum Gasteiger partial charge on any atom is -0.298 e. The fourth-order valence-electron chi connectivity index (χ4n) is 2.12. The highest BCUT2D eigenvalue weighted by Crippen LogP contribution is 2.28. The van der Waals surface area contributed by atoms with Gasteiger partial charge in [-0.05, 0) is 37.4 Å². The van der Waals surface area contributed by atoms with Crippen LogP contribution in [0, 0.1) is 11.6 Å². The first-order valence-electron chi connectivity index (χ1n) is 6.91. The Morgan fingerprint density at radius 1 is 1.16 bits per heavy atom. The van der Waals surface area contributed by atoms with E-state index in [2.05, 4.69) is 15.0 Å². The molecule has 2 aromatic carbocycles. The molecule has 0 aliphatic heterocycles. The number of nitrogens with zero attached hydrogens (tertiary/aromatic N) is 1. The summed E-state index contributed by atoms with van der Waals surface area (Å²) < 4.78 is 53.6. The summed E-state index contributed by atoms with van der Waals surface area (Å²) in [5.74, 6) is -2.94. The predicted octanol–water partition coefficient (Wildman–Crippen LogP) is 2.73. The molecule has 0 atom stereocenters. The molecule has 0 bridgehead atoms. The van der Waals surface area contributed by atoms with Crippen LogP contribution in [0.15, 0.2) is 41.3 Å². The number of carbonyl (C=O) groups is 1. The van der Waals surface area contributed by atoms with Crippen molar-refractivity contribution in [3.8, 4) is 0 Å². The van der Waals surface area contributed by atoms with Crippen LogP contribution in [0.5, 0.6) is 0 Å². The standard InChI is InChI=1S/C15H11F2N3O3S2/c1-18-25(22,23)8-5-6-11-12(7-8)24-15(19-11)20-14(21)13-9(16)3-2-4-10(13)17/h2-7,18H,1H3,(H,19,20,21). The number of fused-ring (bicyclic) bond motifs is 1. The van der Waals surface area contributed by atoms with Crippen LogP contribution >= 0.6 is 11.3 Å². The molecule has 3 aromatic rings. The molecular formula is C15H11F2N3O3S2. The number of sulfonamides is 1. The van der Waals surface area contributed by atoms with Gasteiger partial charge in [-0.2, -0.15) is 0 Å². The summed E-state index contributed by atoms with van der Waals surface area (Å²) in [6.45, 7) is 0. The molecule has 2 N–H and O–H groups in total. The summed E-state index contributed by atoms with van der Waals surface area (Å²) in [5, 5.41) is 2.42. The topological polar surface area (TPSA) is 88.2 Å². The van der Waals surface area contributed by atoms with E-state index in [-0.39, 0.29) is 10.0 Å². The number of anilines is 1. The monoisotopic (exact) mass is 383 g/mol. The summed E-state index contributed by atoms with van der Waals surface area (Å²) in [5.41, 5.74) is -0.260. The number of carbonyl (C=O) groups excluding carboxylic acids is 1. The van der Waals surface area contributed by atoms with E-state index in [9.17, 15) is 22.0 Å². The van der Waals surface area contributed by atoms with Crippen molar-refractivity contribution in [2.75, 3.05) is 12.4 Å². The van der Waals surface area contributed by atoms with Gasteiger partial charge in [-0.1, -0.05) is 17.4 Å². The minimum absolute atomic E-state index is 0.0455. The second-order valence-electron chi connectivity index (χ2n) is 4.91. The van der Waals surface area contributed by atoms with Gasteiger partial charge in [0.05, 0.1) is 15.1 Å². The lowest BCUT2D eigenvalue weighted by atomic mass is 10.2. The van der Waals surface area contributed by atoms with Gasteiger partial charge in [0.2, 0.25) is 10.0 Å². The molecule has 1 amide bonds. The maximum Gasteiger partial charge on any atom is 0.263 e. The van der Waals surface area contributed by atoms with Crippen molar-refractivity contribution in [2.24, 2.45) is 0 Å². The summed E-state index contributed by atoms with van der Waals surface area (Å²) in [4.78, 5) is 16.2. The molecule has 0 saturated heterocycles. The molecule has 130 valence electrons. The van der Waals surface area contributed by atoms with Crippen LogP contribution in [0.3, 0.4) is 0 Å². The minimum atomic E-state index is -3.62. The Morgan fingerprint density at radius 3 is 2.48 bits per heavy atom. The van der Waals surface area contributed by atoms with Crippen molar-refractivity contribution in [3.63, 3.8) is 0 Å². The highest BCUT2D eigenvalue weighted by atomic mass is 32.2. The largest absolute Gasteiger partial charge is 0.298 e. The molecule has 0 fully saturated rings. The lowest BCUT2D eigenvalue weighted by Crippen LogP contribution is -2.18. The molecule has 0 spiro atoms. The van der Waals surface area contributed by atoms with E-state index < -0.39 is 33.1 Å². The second kappa shape index (κ2) is 6.47. The molecule has 1 heterocycles. The Kier molecular flexibility index (Phi) is 4.50. The first-order valence-corrected chi connectivity index (χ1v) is 9.21. The van der Waals surface area contributed by atoms with E-state index in [1.54, 1.807) is 0 Å². The summed E-state index contributed by atoms with van der Waals surface area (Å²) in [6, 6.07) is 7.36. The van der Waals surface area contributed by atoms with Gasteiger partial charge >= 0.3 is 0 Å². The van der Waals surface area contributed by atoms with E-state index in [0.29, 0.717) is 10.2 Å². The smallest absolute Gasteiger partial charge is 0.263 e. The van der Waals surface area contributed by atoms with Gasteiger partial charge in [-0.15, -0.1) is 0 Å².